The van der Waals surface area contributed by atoms with E-state index in [9.17, 15) is 4.79 Å². The van der Waals surface area contributed by atoms with Gasteiger partial charge in [-0.2, -0.15) is 10.1 Å². The van der Waals surface area contributed by atoms with Crippen LogP contribution < -0.4 is 10.2 Å². The molecular weight excluding hydrogens is 458 g/mol. The van der Waals surface area contributed by atoms with Gasteiger partial charge in [-0.3, -0.25) is 5.10 Å². The van der Waals surface area contributed by atoms with E-state index in [1.165, 1.54) is 0 Å². The first-order chi connectivity index (χ1) is 17.2. The van der Waals surface area contributed by atoms with E-state index >= 15 is 0 Å². The molecule has 0 aliphatic carbocycles. The van der Waals surface area contributed by atoms with Crippen LogP contribution in [0.3, 0.4) is 0 Å². The number of nitrogens with zero attached hydrogens (tertiary/aromatic N) is 7. The maximum absolute atomic E-state index is 13.6. The van der Waals surface area contributed by atoms with Crippen molar-refractivity contribution in [2.75, 3.05) is 63.2 Å². The maximum atomic E-state index is 13.6. The molecule has 11 nitrogen and oxygen atoms in total. The summed E-state index contributed by atoms with van der Waals surface area (Å²) in [6.45, 7) is 16.4. The monoisotopic (exact) mass is 497 g/mol. The number of aromatic nitrogens is 4. The highest BCUT2D eigenvalue weighted by Crippen LogP contribution is 2.42. The molecule has 0 aromatic carbocycles. The third-order valence-corrected chi connectivity index (χ3v) is 7.89. The number of rotatable bonds is 4. The Morgan fingerprint density at radius 3 is 2.64 bits per heavy atom. The van der Waals surface area contributed by atoms with Crippen molar-refractivity contribution in [2.24, 2.45) is 0 Å². The highest BCUT2D eigenvalue weighted by atomic mass is 16.5. The smallest absolute Gasteiger partial charge is 0.321 e. The zero-order chi connectivity index (χ0) is 25.6. The Balaban J connectivity index is 1.40. The number of H-pyrrole nitrogens is 1. The lowest BCUT2D eigenvalue weighted by atomic mass is 10.0. The van der Waals surface area contributed by atoms with Crippen LogP contribution in [0.15, 0.2) is 6.20 Å². The van der Waals surface area contributed by atoms with Crippen LogP contribution >= 0.6 is 0 Å². The first-order valence-corrected chi connectivity index (χ1v) is 13.0. The van der Waals surface area contributed by atoms with Crippen molar-refractivity contribution < 1.29 is 9.53 Å². The van der Waals surface area contributed by atoms with Crippen molar-refractivity contribution in [3.63, 3.8) is 0 Å². The fourth-order valence-corrected chi connectivity index (χ4v) is 5.25. The van der Waals surface area contributed by atoms with Crippen molar-refractivity contribution in [1.82, 2.24) is 34.9 Å². The highest BCUT2D eigenvalue weighted by molar-refractivity contribution is 5.78. The molecule has 5 heterocycles. The minimum atomic E-state index is -0.489. The predicted molar refractivity (Wildman–Crippen MR) is 139 cm³/mol. The number of nitrogens with one attached hydrogen (secondary N) is 2. The second-order valence-electron chi connectivity index (χ2n) is 11.0. The molecule has 0 saturated carbocycles. The molecule has 2 N–H and O–H groups in total. The molecule has 36 heavy (non-hydrogen) atoms. The summed E-state index contributed by atoms with van der Waals surface area (Å²) < 4.78 is 5.49. The third-order valence-electron chi connectivity index (χ3n) is 7.89. The number of piperazine rings is 1. The van der Waals surface area contributed by atoms with Crippen LogP contribution in [0, 0.1) is 0 Å². The Kier molecular flexibility index (Phi) is 6.54. The molecule has 3 aliphatic heterocycles. The summed E-state index contributed by atoms with van der Waals surface area (Å²) in [5.41, 5.74) is 2.52. The topological polar surface area (TPSA) is 106 Å². The SMILES string of the molecule is CC(C)c1cnc(N2CCOCC2)nc1Nc1n[nH]c2c1CN(C(=O)N1CCN(C)[C@H](C)C1)C2(C)C. The molecule has 5 rings (SSSR count). The Morgan fingerprint density at radius 1 is 1.19 bits per heavy atom. The average Bonchev–Trinajstić information content (AvgIpc) is 3.38. The molecule has 2 aromatic rings. The molecule has 2 fully saturated rings. The second-order valence-corrected chi connectivity index (χ2v) is 11.0. The maximum Gasteiger partial charge on any atom is 0.321 e. The zero-order valence-corrected chi connectivity index (χ0v) is 22.3. The van der Waals surface area contributed by atoms with Gasteiger partial charge in [0.2, 0.25) is 5.95 Å². The molecule has 2 amide bonds. The summed E-state index contributed by atoms with van der Waals surface area (Å²) in [4.78, 5) is 31.5. The molecule has 0 bridgehead atoms. The molecule has 2 saturated heterocycles. The lowest BCUT2D eigenvalue weighted by molar-refractivity contribution is 0.0714. The minimum absolute atomic E-state index is 0.0787. The number of carbonyl (C=O) groups is 1. The Hall–Kier alpha value is -2.92. The summed E-state index contributed by atoms with van der Waals surface area (Å²) in [6.07, 6.45) is 1.91. The summed E-state index contributed by atoms with van der Waals surface area (Å²) in [7, 11) is 2.11. The van der Waals surface area contributed by atoms with Gasteiger partial charge in [0.25, 0.3) is 0 Å². The molecule has 196 valence electrons. The fraction of sp³-hybridized carbons (Fsp3) is 0.680. The Morgan fingerprint density at radius 2 is 1.94 bits per heavy atom. The standard InChI is InChI=1S/C25H39N9O2/c1-16(2)18-13-26-23(32-9-11-36-12-10-32)28-21(18)27-22-19-15-34(25(4,5)20(19)29-30-22)24(35)33-8-7-31(6)17(3)14-33/h13,16-17H,7-12,14-15H2,1-6H3,(H2,26,27,28,29,30)/t17-/m1/s1. The zero-order valence-electron chi connectivity index (χ0n) is 22.3. The number of ether oxygens (including phenoxy) is 1. The van der Waals surface area contributed by atoms with Crippen LogP contribution in [0.25, 0.3) is 0 Å². The van der Waals surface area contributed by atoms with Crippen LogP contribution in [0.2, 0.25) is 0 Å². The molecule has 11 heteroatoms. The summed E-state index contributed by atoms with van der Waals surface area (Å²) in [5, 5.41) is 11.3. The lowest BCUT2D eigenvalue weighted by Crippen LogP contribution is -2.56. The highest BCUT2D eigenvalue weighted by Gasteiger charge is 2.45. The lowest BCUT2D eigenvalue weighted by Gasteiger charge is -2.42. The van der Waals surface area contributed by atoms with Crippen LogP contribution in [0.1, 0.15) is 57.4 Å². The number of fused-ring (bicyclic) bond motifs is 1. The molecule has 3 aliphatic rings. The quantitative estimate of drug-likeness (QED) is 0.664. The van der Waals surface area contributed by atoms with Gasteiger partial charge in [0.15, 0.2) is 5.82 Å². The van der Waals surface area contributed by atoms with Crippen LogP contribution in [-0.4, -0.2) is 99.9 Å². The van der Waals surface area contributed by atoms with Gasteiger partial charge in [-0.15, -0.1) is 0 Å². The fourth-order valence-electron chi connectivity index (χ4n) is 5.25. The normalized spacial score (nSPS) is 22.3. The van der Waals surface area contributed by atoms with Gasteiger partial charge in [0, 0.05) is 56.1 Å². The molecule has 0 unspecified atom stereocenters. The predicted octanol–water partition coefficient (Wildman–Crippen LogP) is 2.71. The summed E-state index contributed by atoms with van der Waals surface area (Å²) in [6, 6.07) is 0.424. The summed E-state index contributed by atoms with van der Waals surface area (Å²) >= 11 is 0. The number of likely N-dealkylation sites (N-methyl/N-ethyl adjacent to an activating group) is 1. The number of carbonyl (C=O) groups excluding carboxylic acids is 1. The number of aromatic amines is 1. The van der Waals surface area contributed by atoms with Gasteiger partial charge < -0.3 is 29.7 Å². The van der Waals surface area contributed by atoms with E-state index in [4.69, 9.17) is 9.72 Å². The number of hydrogen-bond donors (Lipinski definition) is 2. The molecular formula is C25H39N9O2. The van der Waals surface area contributed by atoms with E-state index in [1.54, 1.807) is 0 Å². The van der Waals surface area contributed by atoms with Gasteiger partial charge in [-0.1, -0.05) is 13.8 Å². The van der Waals surface area contributed by atoms with Crippen LogP contribution in [-0.2, 0) is 16.8 Å². The number of amides is 2. The largest absolute Gasteiger partial charge is 0.378 e. The molecule has 0 spiro atoms. The van der Waals surface area contributed by atoms with E-state index in [-0.39, 0.29) is 11.9 Å². The van der Waals surface area contributed by atoms with E-state index in [2.05, 4.69) is 72.0 Å². The minimum Gasteiger partial charge on any atom is -0.378 e. The first kappa shape index (κ1) is 24.8. The number of morpholine rings is 1. The Bertz CT molecular complexity index is 1110. The number of urea groups is 1. The number of hydrogen-bond acceptors (Lipinski definition) is 8. The Labute approximate surface area is 213 Å². The van der Waals surface area contributed by atoms with E-state index in [0.717, 1.165) is 55.4 Å². The van der Waals surface area contributed by atoms with Crippen molar-refractivity contribution in [2.45, 2.75) is 58.7 Å². The number of anilines is 3. The van der Waals surface area contributed by atoms with Crippen molar-refractivity contribution in [3.05, 3.63) is 23.0 Å². The van der Waals surface area contributed by atoms with E-state index in [1.807, 2.05) is 16.0 Å². The van der Waals surface area contributed by atoms with Gasteiger partial charge in [0.05, 0.1) is 31.0 Å². The average molecular weight is 498 g/mol. The van der Waals surface area contributed by atoms with Crippen molar-refractivity contribution in [1.29, 1.82) is 0 Å². The van der Waals surface area contributed by atoms with E-state index < -0.39 is 5.54 Å². The van der Waals surface area contributed by atoms with Crippen molar-refractivity contribution in [3.8, 4) is 0 Å². The first-order valence-electron chi connectivity index (χ1n) is 13.0. The molecule has 2 aromatic heterocycles. The van der Waals surface area contributed by atoms with Crippen molar-refractivity contribution >= 4 is 23.6 Å². The van der Waals surface area contributed by atoms with Gasteiger partial charge in [-0.05, 0) is 33.7 Å². The van der Waals surface area contributed by atoms with Crippen LogP contribution in [0.4, 0.5) is 22.4 Å². The van der Waals surface area contributed by atoms with Gasteiger partial charge in [0.1, 0.15) is 5.82 Å². The van der Waals surface area contributed by atoms with Gasteiger partial charge in [-0.25, -0.2) is 9.78 Å². The van der Waals surface area contributed by atoms with Crippen LogP contribution in [0.5, 0.6) is 0 Å². The third kappa shape index (κ3) is 4.39. The van der Waals surface area contributed by atoms with E-state index in [0.29, 0.717) is 37.6 Å². The molecule has 0 radical (unpaired) electrons. The second kappa shape index (κ2) is 9.51. The molecule has 1 atom stereocenters. The summed E-state index contributed by atoms with van der Waals surface area (Å²) in [5.74, 6) is 2.41. The van der Waals surface area contributed by atoms with Gasteiger partial charge >= 0.3 is 6.03 Å².